The van der Waals surface area contributed by atoms with E-state index in [1.165, 1.54) is 5.69 Å². The molecule has 134 valence electrons. The highest BCUT2D eigenvalue weighted by atomic mass is 79.9. The summed E-state index contributed by atoms with van der Waals surface area (Å²) in [7, 11) is 0. The van der Waals surface area contributed by atoms with Crippen LogP contribution < -0.4 is 15.0 Å². The summed E-state index contributed by atoms with van der Waals surface area (Å²) in [5, 5.41) is 3.49. The fourth-order valence-corrected chi connectivity index (χ4v) is 3.27. The highest BCUT2D eigenvalue weighted by Gasteiger charge is 2.11. The maximum Gasteiger partial charge on any atom is 0.124 e. The first kappa shape index (κ1) is 18.1. The van der Waals surface area contributed by atoms with E-state index in [1.807, 2.05) is 26.0 Å². The van der Waals surface area contributed by atoms with E-state index < -0.39 is 0 Å². The van der Waals surface area contributed by atoms with Gasteiger partial charge in [0.25, 0.3) is 0 Å². The molecule has 2 aromatic carbocycles. The predicted molar refractivity (Wildman–Crippen MR) is 107 cm³/mol. The van der Waals surface area contributed by atoms with Crippen molar-refractivity contribution in [1.29, 1.82) is 0 Å². The van der Waals surface area contributed by atoms with E-state index >= 15 is 0 Å². The van der Waals surface area contributed by atoms with Crippen molar-refractivity contribution in [2.75, 3.05) is 36.5 Å². The van der Waals surface area contributed by atoms with Gasteiger partial charge in [-0.25, -0.2) is 0 Å². The Morgan fingerprint density at radius 3 is 2.52 bits per heavy atom. The van der Waals surface area contributed by atoms with Gasteiger partial charge in [-0.05, 0) is 56.3 Å². The summed E-state index contributed by atoms with van der Waals surface area (Å²) in [5.74, 6) is 0.927. The highest BCUT2D eigenvalue weighted by Crippen LogP contribution is 2.26. The molecule has 1 aliphatic heterocycles. The number of anilines is 2. The summed E-state index contributed by atoms with van der Waals surface area (Å²) < 4.78 is 12.4. The van der Waals surface area contributed by atoms with E-state index in [1.54, 1.807) is 0 Å². The minimum atomic E-state index is 0.160. The van der Waals surface area contributed by atoms with Crippen molar-refractivity contribution in [3.63, 3.8) is 0 Å². The van der Waals surface area contributed by atoms with Crippen LogP contribution in [0.2, 0.25) is 0 Å². The molecule has 0 aliphatic carbocycles. The van der Waals surface area contributed by atoms with Gasteiger partial charge in [0, 0.05) is 41.0 Å². The molecule has 1 saturated heterocycles. The Balaban J connectivity index is 1.64. The van der Waals surface area contributed by atoms with Gasteiger partial charge in [-0.2, -0.15) is 0 Å². The summed E-state index contributed by atoms with van der Waals surface area (Å²) in [4.78, 5) is 2.36. The quantitative estimate of drug-likeness (QED) is 0.757. The lowest BCUT2D eigenvalue weighted by Crippen LogP contribution is -2.36. The average Bonchev–Trinajstić information content (AvgIpc) is 2.63. The van der Waals surface area contributed by atoms with Gasteiger partial charge in [0.05, 0.1) is 19.3 Å². The van der Waals surface area contributed by atoms with Crippen molar-refractivity contribution in [3.05, 3.63) is 52.5 Å². The average molecular weight is 405 g/mol. The molecule has 3 rings (SSSR count). The number of morpholine rings is 1. The number of halogens is 1. The maximum absolute atomic E-state index is 5.91. The maximum atomic E-state index is 5.91. The molecule has 0 unspecified atom stereocenters. The van der Waals surface area contributed by atoms with Crippen molar-refractivity contribution < 1.29 is 9.47 Å². The molecule has 1 aliphatic rings. The molecule has 0 amide bonds. The zero-order valence-electron chi connectivity index (χ0n) is 14.8. The van der Waals surface area contributed by atoms with Gasteiger partial charge < -0.3 is 19.7 Å². The molecule has 0 saturated carbocycles. The summed E-state index contributed by atoms with van der Waals surface area (Å²) in [5.41, 5.74) is 3.49. The Labute approximate surface area is 158 Å². The second kappa shape index (κ2) is 8.59. The smallest absolute Gasteiger partial charge is 0.124 e. The molecule has 2 aromatic rings. The van der Waals surface area contributed by atoms with Crippen LogP contribution in [-0.2, 0) is 11.3 Å². The lowest BCUT2D eigenvalue weighted by Gasteiger charge is -2.29. The number of nitrogens with one attached hydrogen (secondary N) is 1. The zero-order chi connectivity index (χ0) is 17.6. The minimum absolute atomic E-state index is 0.160. The number of rotatable bonds is 6. The molecule has 1 heterocycles. The zero-order valence-corrected chi connectivity index (χ0v) is 16.4. The first-order valence-corrected chi connectivity index (χ1v) is 9.53. The van der Waals surface area contributed by atoms with Gasteiger partial charge in [-0.1, -0.05) is 15.9 Å². The van der Waals surface area contributed by atoms with Gasteiger partial charge in [0.2, 0.25) is 0 Å². The lowest BCUT2D eigenvalue weighted by molar-refractivity contribution is 0.122. The van der Waals surface area contributed by atoms with E-state index in [2.05, 4.69) is 56.5 Å². The molecule has 5 heteroatoms. The molecule has 1 N–H and O–H groups in total. The first-order valence-electron chi connectivity index (χ1n) is 8.73. The number of benzene rings is 2. The van der Waals surface area contributed by atoms with Crippen LogP contribution in [0.15, 0.2) is 46.9 Å². The monoisotopic (exact) mass is 404 g/mol. The third-order valence-corrected chi connectivity index (χ3v) is 4.60. The van der Waals surface area contributed by atoms with Gasteiger partial charge in [-0.15, -0.1) is 0 Å². The van der Waals surface area contributed by atoms with Crippen molar-refractivity contribution in [3.8, 4) is 5.75 Å². The molecule has 25 heavy (non-hydrogen) atoms. The second-order valence-corrected chi connectivity index (χ2v) is 7.33. The molecular weight excluding hydrogens is 380 g/mol. The van der Waals surface area contributed by atoms with E-state index in [4.69, 9.17) is 9.47 Å². The lowest BCUT2D eigenvalue weighted by atomic mass is 10.2. The molecule has 0 aromatic heterocycles. The van der Waals surface area contributed by atoms with Crippen LogP contribution in [-0.4, -0.2) is 32.4 Å². The van der Waals surface area contributed by atoms with Gasteiger partial charge in [0.1, 0.15) is 5.75 Å². The third-order valence-electron chi connectivity index (χ3n) is 4.11. The fourth-order valence-electron chi connectivity index (χ4n) is 2.86. The fraction of sp³-hybridized carbons (Fsp3) is 0.400. The molecule has 4 nitrogen and oxygen atoms in total. The van der Waals surface area contributed by atoms with Crippen LogP contribution in [0.1, 0.15) is 19.4 Å². The van der Waals surface area contributed by atoms with Crippen LogP contribution in [0.3, 0.4) is 0 Å². The van der Waals surface area contributed by atoms with Gasteiger partial charge >= 0.3 is 0 Å². The summed E-state index contributed by atoms with van der Waals surface area (Å²) >= 11 is 3.54. The Bertz CT molecular complexity index is 683. The second-order valence-electron chi connectivity index (χ2n) is 6.42. The standard InChI is InChI=1S/C20H25BrN2O2/c1-15(2)25-20-8-3-17(21)13-16(20)14-22-18-4-6-19(7-5-18)23-9-11-24-12-10-23/h3-8,13,15,22H,9-12,14H2,1-2H3. The highest BCUT2D eigenvalue weighted by molar-refractivity contribution is 9.10. The van der Waals surface area contributed by atoms with Crippen LogP contribution in [0, 0.1) is 0 Å². The number of hydrogen-bond acceptors (Lipinski definition) is 4. The minimum Gasteiger partial charge on any atom is -0.491 e. The van der Waals surface area contributed by atoms with Crippen LogP contribution in [0.5, 0.6) is 5.75 Å². The van der Waals surface area contributed by atoms with Crippen molar-refractivity contribution in [2.24, 2.45) is 0 Å². The molecule has 1 fully saturated rings. The third kappa shape index (κ3) is 5.13. The van der Waals surface area contributed by atoms with Crippen molar-refractivity contribution in [1.82, 2.24) is 0 Å². The van der Waals surface area contributed by atoms with Crippen LogP contribution in [0.25, 0.3) is 0 Å². The van der Waals surface area contributed by atoms with E-state index in [0.717, 1.165) is 54.3 Å². The van der Waals surface area contributed by atoms with Gasteiger partial charge in [0.15, 0.2) is 0 Å². The number of ether oxygens (including phenoxy) is 2. The predicted octanol–water partition coefficient (Wildman–Crippen LogP) is 4.69. The van der Waals surface area contributed by atoms with E-state index in [0.29, 0.717) is 0 Å². The Morgan fingerprint density at radius 1 is 1.12 bits per heavy atom. The number of hydrogen-bond donors (Lipinski definition) is 1. The first-order chi connectivity index (χ1) is 12.1. The molecule has 0 atom stereocenters. The molecule has 0 radical (unpaired) electrons. The summed E-state index contributed by atoms with van der Waals surface area (Å²) in [6.45, 7) is 8.34. The van der Waals surface area contributed by atoms with Crippen LogP contribution in [0.4, 0.5) is 11.4 Å². The Kier molecular flexibility index (Phi) is 6.21. The van der Waals surface area contributed by atoms with E-state index in [-0.39, 0.29) is 6.10 Å². The largest absolute Gasteiger partial charge is 0.491 e. The molecule has 0 spiro atoms. The summed E-state index contributed by atoms with van der Waals surface area (Å²) in [6, 6.07) is 14.7. The van der Waals surface area contributed by atoms with Crippen LogP contribution >= 0.6 is 15.9 Å². The van der Waals surface area contributed by atoms with Crippen molar-refractivity contribution in [2.45, 2.75) is 26.5 Å². The topological polar surface area (TPSA) is 33.7 Å². The normalized spacial score (nSPS) is 14.6. The SMILES string of the molecule is CC(C)Oc1ccc(Br)cc1CNc1ccc(N2CCOCC2)cc1. The van der Waals surface area contributed by atoms with Gasteiger partial charge in [-0.3, -0.25) is 0 Å². The van der Waals surface area contributed by atoms with Crippen molar-refractivity contribution >= 4 is 27.3 Å². The molecular formula is C20H25BrN2O2. The summed E-state index contributed by atoms with van der Waals surface area (Å²) in [6.07, 6.45) is 0.160. The number of nitrogens with zero attached hydrogens (tertiary/aromatic N) is 1. The Hall–Kier alpha value is -1.72. The Morgan fingerprint density at radius 2 is 1.84 bits per heavy atom. The molecule has 0 bridgehead atoms. The van der Waals surface area contributed by atoms with E-state index in [9.17, 15) is 0 Å².